The van der Waals surface area contributed by atoms with Gasteiger partial charge in [-0.25, -0.2) is 18.7 Å². The van der Waals surface area contributed by atoms with Gasteiger partial charge in [-0.2, -0.15) is 0 Å². The Bertz CT molecular complexity index is 1030. The first kappa shape index (κ1) is 18.6. The predicted molar refractivity (Wildman–Crippen MR) is 93.7 cm³/mol. The summed E-state index contributed by atoms with van der Waals surface area (Å²) in [5.41, 5.74) is 3.97. The second-order valence-electron chi connectivity index (χ2n) is 5.24. The number of hydrogen-bond donors (Lipinski definition) is 3. The minimum Gasteiger partial charge on any atom is -0.332 e. The monoisotopic (exact) mass is 387 g/mol. The van der Waals surface area contributed by atoms with Gasteiger partial charge in [-0.3, -0.25) is 30.7 Å². The highest BCUT2D eigenvalue weighted by Crippen LogP contribution is 2.31. The number of benzene rings is 1. The maximum atomic E-state index is 13.8. The predicted octanol–water partition coefficient (Wildman–Crippen LogP) is 2.56. The molecule has 0 saturated carbocycles. The Kier molecular flexibility index (Phi) is 5.30. The van der Waals surface area contributed by atoms with E-state index in [9.17, 15) is 23.7 Å². The van der Waals surface area contributed by atoms with Crippen molar-refractivity contribution in [3.63, 3.8) is 0 Å². The number of aromatic nitrogens is 3. The fourth-order valence-electron chi connectivity index (χ4n) is 2.14. The van der Waals surface area contributed by atoms with Crippen LogP contribution in [0.2, 0.25) is 0 Å². The lowest BCUT2D eigenvalue weighted by Crippen LogP contribution is -2.30. The van der Waals surface area contributed by atoms with E-state index in [1.807, 2.05) is 0 Å². The van der Waals surface area contributed by atoms with E-state index in [1.165, 1.54) is 24.5 Å². The summed E-state index contributed by atoms with van der Waals surface area (Å²) in [6, 6.07) is 5.54. The summed E-state index contributed by atoms with van der Waals surface area (Å²) in [6.45, 7) is 0. The molecule has 0 saturated heterocycles. The van der Waals surface area contributed by atoms with Crippen LogP contribution in [-0.2, 0) is 0 Å². The molecule has 3 rings (SSSR count). The van der Waals surface area contributed by atoms with Crippen molar-refractivity contribution in [2.45, 2.75) is 0 Å². The van der Waals surface area contributed by atoms with Gasteiger partial charge in [0.25, 0.3) is 5.91 Å². The molecule has 12 heteroatoms. The zero-order valence-electron chi connectivity index (χ0n) is 13.9. The Hall–Kier alpha value is -4.22. The highest BCUT2D eigenvalue weighted by Gasteiger charge is 2.24. The third kappa shape index (κ3) is 4.12. The zero-order valence-corrected chi connectivity index (χ0v) is 13.9. The van der Waals surface area contributed by atoms with E-state index in [1.54, 1.807) is 0 Å². The zero-order chi connectivity index (χ0) is 20.1. The number of nitrogens with zero attached hydrogens (tertiary/aromatic N) is 4. The van der Waals surface area contributed by atoms with Crippen LogP contribution < -0.4 is 16.2 Å². The Morgan fingerprint density at radius 2 is 1.79 bits per heavy atom. The second-order valence-corrected chi connectivity index (χ2v) is 5.24. The van der Waals surface area contributed by atoms with E-state index in [0.717, 1.165) is 18.5 Å². The third-order valence-electron chi connectivity index (χ3n) is 3.43. The summed E-state index contributed by atoms with van der Waals surface area (Å²) in [4.78, 5) is 33.9. The summed E-state index contributed by atoms with van der Waals surface area (Å²) in [5.74, 6) is -3.05. The molecule has 0 aliphatic rings. The van der Waals surface area contributed by atoms with Crippen LogP contribution in [0.5, 0.6) is 0 Å². The van der Waals surface area contributed by atoms with E-state index >= 15 is 0 Å². The van der Waals surface area contributed by atoms with Crippen molar-refractivity contribution >= 4 is 28.9 Å². The number of hydrazine groups is 1. The van der Waals surface area contributed by atoms with Crippen molar-refractivity contribution in [2.24, 2.45) is 0 Å². The average molecular weight is 387 g/mol. The molecule has 1 aromatic carbocycles. The number of halogens is 2. The first-order valence-electron chi connectivity index (χ1n) is 7.63. The quantitative estimate of drug-likeness (QED) is 0.434. The Balaban J connectivity index is 1.85. The molecule has 2 aromatic heterocycles. The van der Waals surface area contributed by atoms with Gasteiger partial charge >= 0.3 is 5.69 Å². The van der Waals surface area contributed by atoms with Crippen LogP contribution in [-0.4, -0.2) is 25.8 Å². The molecular formula is C16H11F2N7O3. The number of nitro groups is 1. The van der Waals surface area contributed by atoms with Crippen molar-refractivity contribution in [1.29, 1.82) is 0 Å². The molecule has 0 unspecified atom stereocenters. The summed E-state index contributed by atoms with van der Waals surface area (Å²) in [7, 11) is 0. The first-order chi connectivity index (χ1) is 13.5. The van der Waals surface area contributed by atoms with Gasteiger partial charge in [-0.1, -0.05) is 0 Å². The van der Waals surface area contributed by atoms with Crippen molar-refractivity contribution in [2.75, 3.05) is 10.7 Å². The van der Waals surface area contributed by atoms with Crippen molar-refractivity contribution in [3.05, 3.63) is 76.4 Å². The number of hydrogen-bond acceptors (Lipinski definition) is 8. The minimum atomic E-state index is -0.964. The Morgan fingerprint density at radius 3 is 2.46 bits per heavy atom. The standard InChI is InChI=1S/C16H11F2N7O3/c17-10-1-2-12(11(18)7-10)22-14-13(25(27)28)15(21-8-20-14)23-24-16(26)9-3-5-19-6-4-9/h1-8H,(H,24,26)(H2,20,21,22,23). The molecule has 0 aliphatic carbocycles. The minimum absolute atomic E-state index is 0.227. The largest absolute Gasteiger partial charge is 0.355 e. The van der Waals surface area contributed by atoms with Crippen LogP contribution in [0.25, 0.3) is 0 Å². The Labute approximate surface area is 155 Å². The van der Waals surface area contributed by atoms with E-state index in [2.05, 4.69) is 31.1 Å². The molecule has 2 heterocycles. The number of anilines is 3. The highest BCUT2D eigenvalue weighted by molar-refractivity contribution is 5.94. The van der Waals surface area contributed by atoms with Crippen LogP contribution in [0.4, 0.5) is 31.8 Å². The molecule has 0 aliphatic heterocycles. The summed E-state index contributed by atoms with van der Waals surface area (Å²) in [5, 5.41) is 13.9. The first-order valence-corrected chi connectivity index (χ1v) is 7.63. The fraction of sp³-hybridized carbons (Fsp3) is 0. The van der Waals surface area contributed by atoms with Crippen molar-refractivity contribution in [1.82, 2.24) is 20.4 Å². The number of amides is 1. The maximum Gasteiger partial charge on any atom is 0.355 e. The van der Waals surface area contributed by atoms with Crippen LogP contribution in [0.3, 0.4) is 0 Å². The van der Waals surface area contributed by atoms with E-state index in [4.69, 9.17) is 0 Å². The maximum absolute atomic E-state index is 13.8. The molecule has 28 heavy (non-hydrogen) atoms. The van der Waals surface area contributed by atoms with Gasteiger partial charge in [-0.05, 0) is 24.3 Å². The molecule has 0 spiro atoms. The van der Waals surface area contributed by atoms with Gasteiger partial charge in [0.1, 0.15) is 18.0 Å². The lowest BCUT2D eigenvalue weighted by molar-refractivity contribution is -0.383. The topological polar surface area (TPSA) is 135 Å². The normalized spacial score (nSPS) is 10.2. The number of carbonyl (C=O) groups excluding carboxylic acids is 1. The van der Waals surface area contributed by atoms with E-state index in [-0.39, 0.29) is 22.9 Å². The third-order valence-corrected chi connectivity index (χ3v) is 3.43. The second kappa shape index (κ2) is 7.99. The molecule has 0 fully saturated rings. The summed E-state index contributed by atoms with van der Waals surface area (Å²) in [6.07, 6.45) is 3.78. The summed E-state index contributed by atoms with van der Waals surface area (Å²) >= 11 is 0. The van der Waals surface area contributed by atoms with Gasteiger partial charge < -0.3 is 5.32 Å². The molecular weight excluding hydrogens is 376 g/mol. The lowest BCUT2D eigenvalue weighted by atomic mass is 10.2. The SMILES string of the molecule is O=C(NNc1ncnc(Nc2ccc(F)cc2F)c1[N+](=O)[O-])c1ccncc1. The number of nitrogens with one attached hydrogen (secondary N) is 3. The van der Waals surface area contributed by atoms with Crippen molar-refractivity contribution in [3.8, 4) is 0 Å². The molecule has 0 atom stereocenters. The molecule has 10 nitrogen and oxygen atoms in total. The smallest absolute Gasteiger partial charge is 0.332 e. The van der Waals surface area contributed by atoms with Crippen molar-refractivity contribution < 1.29 is 18.5 Å². The van der Waals surface area contributed by atoms with Gasteiger partial charge in [-0.15, -0.1) is 0 Å². The number of carbonyl (C=O) groups is 1. The highest BCUT2D eigenvalue weighted by atomic mass is 19.1. The molecule has 142 valence electrons. The van der Waals surface area contributed by atoms with Crippen LogP contribution in [0.15, 0.2) is 49.1 Å². The fourth-order valence-corrected chi connectivity index (χ4v) is 2.14. The van der Waals surface area contributed by atoms with Crippen LogP contribution in [0, 0.1) is 21.7 Å². The molecule has 3 N–H and O–H groups in total. The number of rotatable bonds is 6. The summed E-state index contributed by atoms with van der Waals surface area (Å²) < 4.78 is 26.8. The lowest BCUT2D eigenvalue weighted by Gasteiger charge is -2.11. The van der Waals surface area contributed by atoms with E-state index < -0.39 is 28.2 Å². The van der Waals surface area contributed by atoms with Gasteiger partial charge in [0.15, 0.2) is 0 Å². The molecule has 3 aromatic rings. The number of pyridine rings is 1. The van der Waals surface area contributed by atoms with E-state index in [0.29, 0.717) is 6.07 Å². The van der Waals surface area contributed by atoms with Gasteiger partial charge in [0.05, 0.1) is 10.6 Å². The average Bonchev–Trinajstić information content (AvgIpc) is 2.68. The Morgan fingerprint density at radius 1 is 1.07 bits per heavy atom. The van der Waals surface area contributed by atoms with Gasteiger partial charge in [0.2, 0.25) is 11.6 Å². The van der Waals surface area contributed by atoms with Crippen LogP contribution >= 0.6 is 0 Å². The van der Waals surface area contributed by atoms with Crippen LogP contribution in [0.1, 0.15) is 10.4 Å². The van der Waals surface area contributed by atoms with Gasteiger partial charge in [0, 0.05) is 24.0 Å². The molecule has 0 radical (unpaired) electrons. The molecule has 1 amide bonds. The molecule has 0 bridgehead atoms.